The molecule has 2 heterocycles. The Morgan fingerprint density at radius 2 is 1.83 bits per heavy atom. The van der Waals surface area contributed by atoms with Crippen molar-refractivity contribution >= 4 is 11.8 Å². The van der Waals surface area contributed by atoms with Crippen molar-refractivity contribution in [1.29, 1.82) is 0 Å². The van der Waals surface area contributed by atoms with Gasteiger partial charge in [0.05, 0.1) is 24.3 Å². The number of rotatable bonds is 6. The van der Waals surface area contributed by atoms with Gasteiger partial charge >= 0.3 is 0 Å². The van der Waals surface area contributed by atoms with Gasteiger partial charge in [-0.1, -0.05) is 43.3 Å². The van der Waals surface area contributed by atoms with Gasteiger partial charge in [-0.25, -0.2) is 4.98 Å². The Morgan fingerprint density at radius 3 is 2.52 bits per heavy atom. The molecule has 0 radical (unpaired) electrons. The highest BCUT2D eigenvalue weighted by Crippen LogP contribution is 2.25. The molecule has 0 aliphatic carbocycles. The molecule has 0 aliphatic heterocycles. The average molecular weight is 323 g/mol. The van der Waals surface area contributed by atoms with Crippen LogP contribution in [0.15, 0.2) is 61.1 Å². The zero-order chi connectivity index (χ0) is 16.1. The molecule has 0 spiro atoms. The molecule has 3 rings (SSSR count). The zero-order valence-electron chi connectivity index (χ0n) is 13.5. The molecule has 0 N–H and O–H groups in total. The summed E-state index contributed by atoms with van der Waals surface area (Å²) < 4.78 is 2.23. The maximum Gasteiger partial charge on any atom is 0.0959 e. The third-order valence-electron chi connectivity index (χ3n) is 3.94. The van der Waals surface area contributed by atoms with Crippen LogP contribution in [-0.4, -0.2) is 26.0 Å². The first-order valence-corrected chi connectivity index (χ1v) is 9.09. The number of thioether (sulfide) groups is 1. The number of imidazole rings is 1. The smallest absolute Gasteiger partial charge is 0.0959 e. The normalized spacial score (nSPS) is 12.3. The molecule has 3 aromatic rings. The molecule has 4 heteroatoms. The predicted octanol–water partition coefficient (Wildman–Crippen LogP) is 4.29. The first kappa shape index (κ1) is 15.8. The largest absolute Gasteiger partial charge is 0.328 e. The van der Waals surface area contributed by atoms with E-state index in [-0.39, 0.29) is 0 Å². The van der Waals surface area contributed by atoms with Gasteiger partial charge in [-0.05, 0) is 18.4 Å². The quantitative estimate of drug-likeness (QED) is 0.678. The highest BCUT2D eigenvalue weighted by Gasteiger charge is 2.15. The van der Waals surface area contributed by atoms with Gasteiger partial charge in [-0.2, -0.15) is 11.8 Å². The van der Waals surface area contributed by atoms with Crippen molar-refractivity contribution in [1.82, 2.24) is 14.5 Å². The highest BCUT2D eigenvalue weighted by atomic mass is 32.2. The Balaban J connectivity index is 1.97. The summed E-state index contributed by atoms with van der Waals surface area (Å²) in [7, 11) is 0. The van der Waals surface area contributed by atoms with Crippen molar-refractivity contribution in [2.45, 2.75) is 25.1 Å². The van der Waals surface area contributed by atoms with E-state index in [1.807, 2.05) is 42.5 Å². The fourth-order valence-corrected chi connectivity index (χ4v) is 2.94. The molecule has 23 heavy (non-hydrogen) atoms. The Hall–Kier alpha value is -2.07. The summed E-state index contributed by atoms with van der Waals surface area (Å²) in [4.78, 5) is 9.14. The molecule has 1 atom stereocenters. The van der Waals surface area contributed by atoms with Crippen LogP contribution in [-0.2, 0) is 13.0 Å². The Bertz CT molecular complexity index is 738. The van der Waals surface area contributed by atoms with Gasteiger partial charge in [-0.15, -0.1) is 0 Å². The summed E-state index contributed by atoms with van der Waals surface area (Å²) in [6.07, 6.45) is 6.94. The summed E-state index contributed by atoms with van der Waals surface area (Å²) in [5.41, 5.74) is 4.60. The van der Waals surface area contributed by atoms with Crippen molar-refractivity contribution in [2.75, 3.05) is 6.26 Å². The van der Waals surface area contributed by atoms with Crippen LogP contribution >= 0.6 is 11.8 Å². The molecule has 1 unspecified atom stereocenters. The van der Waals surface area contributed by atoms with E-state index in [4.69, 9.17) is 4.98 Å². The number of aromatic nitrogens is 3. The van der Waals surface area contributed by atoms with E-state index >= 15 is 0 Å². The van der Waals surface area contributed by atoms with Gasteiger partial charge < -0.3 is 4.57 Å². The van der Waals surface area contributed by atoms with E-state index in [0.29, 0.717) is 5.25 Å². The minimum absolute atomic E-state index is 0.552. The predicted molar refractivity (Wildman–Crippen MR) is 97.7 cm³/mol. The van der Waals surface area contributed by atoms with Crippen LogP contribution in [0.2, 0.25) is 0 Å². The molecular formula is C19H21N3S. The standard InChI is InChI=1S/C19H21N3S/c1-15(23-2)12-18-19(16-8-4-3-5-9-16)21-14-22(18)13-17-10-6-7-11-20-17/h3-11,14-15H,12-13H2,1-2H3. The van der Waals surface area contributed by atoms with E-state index < -0.39 is 0 Å². The third-order valence-corrected chi connectivity index (χ3v) is 4.91. The van der Waals surface area contributed by atoms with Crippen LogP contribution in [0.25, 0.3) is 11.3 Å². The van der Waals surface area contributed by atoms with Crippen LogP contribution in [0.1, 0.15) is 18.3 Å². The molecule has 118 valence electrons. The zero-order valence-corrected chi connectivity index (χ0v) is 14.3. The van der Waals surface area contributed by atoms with E-state index in [0.717, 1.165) is 24.4 Å². The second-order valence-corrected chi connectivity index (χ2v) is 6.88. The van der Waals surface area contributed by atoms with Crippen molar-refractivity contribution in [2.24, 2.45) is 0 Å². The van der Waals surface area contributed by atoms with Crippen molar-refractivity contribution in [3.8, 4) is 11.3 Å². The lowest BCUT2D eigenvalue weighted by atomic mass is 10.1. The van der Waals surface area contributed by atoms with Crippen molar-refractivity contribution in [3.63, 3.8) is 0 Å². The van der Waals surface area contributed by atoms with Crippen LogP contribution in [0.3, 0.4) is 0 Å². The van der Waals surface area contributed by atoms with Crippen LogP contribution in [0, 0.1) is 0 Å². The van der Waals surface area contributed by atoms with Crippen LogP contribution < -0.4 is 0 Å². The first-order valence-electron chi connectivity index (χ1n) is 7.80. The van der Waals surface area contributed by atoms with Crippen LogP contribution in [0.4, 0.5) is 0 Å². The molecular weight excluding hydrogens is 302 g/mol. The fourth-order valence-electron chi connectivity index (χ4n) is 2.62. The monoisotopic (exact) mass is 323 g/mol. The molecule has 0 amide bonds. The second-order valence-electron chi connectivity index (χ2n) is 5.61. The molecule has 3 nitrogen and oxygen atoms in total. The first-order chi connectivity index (χ1) is 11.3. The molecule has 1 aromatic carbocycles. The molecule has 2 aromatic heterocycles. The van der Waals surface area contributed by atoms with Crippen LogP contribution in [0.5, 0.6) is 0 Å². The second kappa shape index (κ2) is 7.47. The van der Waals surface area contributed by atoms with Gasteiger partial charge in [0.2, 0.25) is 0 Å². The summed E-state index contributed by atoms with van der Waals surface area (Å²) >= 11 is 1.89. The maximum atomic E-state index is 4.70. The molecule has 0 saturated carbocycles. The number of pyridine rings is 1. The Labute approximate surface area is 141 Å². The summed E-state index contributed by atoms with van der Waals surface area (Å²) in [6, 6.07) is 16.5. The lowest BCUT2D eigenvalue weighted by Crippen LogP contribution is -2.10. The van der Waals surface area contributed by atoms with E-state index in [1.165, 1.54) is 11.3 Å². The molecule has 0 aliphatic rings. The van der Waals surface area contributed by atoms with Gasteiger partial charge in [-0.3, -0.25) is 4.98 Å². The van der Waals surface area contributed by atoms with Gasteiger partial charge in [0, 0.05) is 29.1 Å². The van der Waals surface area contributed by atoms with E-state index in [1.54, 1.807) is 0 Å². The van der Waals surface area contributed by atoms with Gasteiger partial charge in [0.15, 0.2) is 0 Å². The number of nitrogens with zero attached hydrogens (tertiary/aromatic N) is 3. The molecule has 0 bridgehead atoms. The highest BCUT2D eigenvalue weighted by molar-refractivity contribution is 7.99. The van der Waals surface area contributed by atoms with Crippen molar-refractivity contribution in [3.05, 3.63) is 72.4 Å². The van der Waals surface area contributed by atoms with E-state index in [2.05, 4.69) is 53.1 Å². The maximum absolute atomic E-state index is 4.70. The van der Waals surface area contributed by atoms with Crippen molar-refractivity contribution < 1.29 is 0 Å². The molecule has 0 saturated heterocycles. The summed E-state index contributed by atoms with van der Waals surface area (Å²) in [5.74, 6) is 0. The Morgan fingerprint density at radius 1 is 1.04 bits per heavy atom. The number of hydrogen-bond acceptors (Lipinski definition) is 3. The average Bonchev–Trinajstić information content (AvgIpc) is 2.99. The van der Waals surface area contributed by atoms with Gasteiger partial charge in [0.1, 0.15) is 0 Å². The third kappa shape index (κ3) is 3.82. The topological polar surface area (TPSA) is 30.7 Å². The Kier molecular flexibility index (Phi) is 5.13. The lowest BCUT2D eigenvalue weighted by molar-refractivity contribution is 0.714. The minimum atomic E-state index is 0.552. The summed E-state index contributed by atoms with van der Waals surface area (Å²) in [6.45, 7) is 3.02. The molecule has 0 fully saturated rings. The number of hydrogen-bond donors (Lipinski definition) is 0. The van der Waals surface area contributed by atoms with Gasteiger partial charge in [0.25, 0.3) is 0 Å². The van der Waals surface area contributed by atoms with E-state index in [9.17, 15) is 0 Å². The SMILES string of the molecule is CSC(C)Cc1c(-c2ccccc2)ncn1Cc1ccccn1. The lowest BCUT2D eigenvalue weighted by Gasteiger charge is -2.13. The number of benzene rings is 1. The fraction of sp³-hybridized carbons (Fsp3) is 0.263. The minimum Gasteiger partial charge on any atom is -0.328 e. The summed E-state index contributed by atoms with van der Waals surface area (Å²) in [5, 5.41) is 0.552.